The van der Waals surface area contributed by atoms with Crippen LogP contribution in [0.2, 0.25) is 0 Å². The lowest BCUT2D eigenvalue weighted by Crippen LogP contribution is -2.16. The van der Waals surface area contributed by atoms with Gasteiger partial charge in [0, 0.05) is 17.3 Å². The zero-order valence-corrected chi connectivity index (χ0v) is 11.9. The van der Waals surface area contributed by atoms with Crippen molar-refractivity contribution in [3.05, 3.63) is 28.7 Å². The number of hydrogen-bond donors (Lipinski definition) is 2. The summed E-state index contributed by atoms with van der Waals surface area (Å²) in [5.41, 5.74) is 6.88. The van der Waals surface area contributed by atoms with Crippen LogP contribution in [0.3, 0.4) is 0 Å². The van der Waals surface area contributed by atoms with Gasteiger partial charge in [-0.15, -0.1) is 11.3 Å². The molecule has 0 aliphatic heterocycles. The number of nitrogen functional groups attached to an aromatic ring is 1. The van der Waals surface area contributed by atoms with Gasteiger partial charge in [0.15, 0.2) is 16.6 Å². The summed E-state index contributed by atoms with van der Waals surface area (Å²) in [6.45, 7) is 2.24. The van der Waals surface area contributed by atoms with Gasteiger partial charge >= 0.3 is 0 Å². The third-order valence-electron chi connectivity index (χ3n) is 3.35. The van der Waals surface area contributed by atoms with Crippen molar-refractivity contribution in [1.29, 1.82) is 0 Å². The summed E-state index contributed by atoms with van der Waals surface area (Å²) in [5, 5.41) is 3.37. The Bertz CT molecular complexity index is 654. The minimum atomic E-state index is -0.366. The molecule has 6 nitrogen and oxygen atoms in total. The van der Waals surface area contributed by atoms with Gasteiger partial charge < -0.3 is 5.73 Å². The predicted octanol–water partition coefficient (Wildman–Crippen LogP) is 1.89. The molecule has 0 saturated heterocycles. The van der Waals surface area contributed by atoms with Crippen molar-refractivity contribution in [2.24, 2.45) is 5.92 Å². The fourth-order valence-electron chi connectivity index (χ4n) is 2.27. The number of aromatic nitrogens is 3. The number of carbonyl (C=O) groups excluding carboxylic acids is 1. The predicted molar refractivity (Wildman–Crippen MR) is 77.7 cm³/mol. The van der Waals surface area contributed by atoms with Crippen LogP contribution in [0.15, 0.2) is 12.4 Å². The van der Waals surface area contributed by atoms with Gasteiger partial charge in [-0.05, 0) is 25.2 Å². The molecule has 0 spiro atoms. The molecule has 2 heterocycles. The van der Waals surface area contributed by atoms with E-state index in [9.17, 15) is 4.79 Å². The van der Waals surface area contributed by atoms with Gasteiger partial charge in [0.05, 0.1) is 5.69 Å². The lowest BCUT2D eigenvalue weighted by molar-refractivity contribution is 0.102. The van der Waals surface area contributed by atoms with Crippen molar-refractivity contribution in [3.8, 4) is 0 Å². The van der Waals surface area contributed by atoms with Crippen LogP contribution in [0, 0.1) is 5.92 Å². The van der Waals surface area contributed by atoms with Gasteiger partial charge in [-0.25, -0.2) is 15.0 Å². The zero-order chi connectivity index (χ0) is 14.1. The van der Waals surface area contributed by atoms with Crippen LogP contribution in [0.5, 0.6) is 0 Å². The molecule has 0 aromatic carbocycles. The van der Waals surface area contributed by atoms with E-state index in [1.165, 1.54) is 28.6 Å². The summed E-state index contributed by atoms with van der Waals surface area (Å²) < 4.78 is 0. The van der Waals surface area contributed by atoms with Crippen LogP contribution >= 0.6 is 11.3 Å². The Hall–Kier alpha value is -2.02. The number of anilines is 2. The fourth-order valence-corrected chi connectivity index (χ4v) is 3.44. The molecule has 0 fully saturated rings. The van der Waals surface area contributed by atoms with Crippen molar-refractivity contribution in [1.82, 2.24) is 15.0 Å². The third-order valence-corrected chi connectivity index (χ3v) is 4.38. The van der Waals surface area contributed by atoms with E-state index in [-0.39, 0.29) is 17.4 Å². The molecule has 3 N–H and O–H groups in total. The normalized spacial score (nSPS) is 17.6. The van der Waals surface area contributed by atoms with Crippen LogP contribution in [0.25, 0.3) is 0 Å². The molecule has 1 amide bonds. The lowest BCUT2D eigenvalue weighted by Gasteiger charge is -2.15. The lowest BCUT2D eigenvalue weighted by atomic mass is 9.93. The number of fused-ring (bicyclic) bond motifs is 1. The van der Waals surface area contributed by atoms with Crippen LogP contribution in [-0.4, -0.2) is 20.9 Å². The standard InChI is InChI=1S/C13H15N5OS/c1-7-2-3-8-9(6-7)20-13(17-8)18-12(19)10-11(14)16-5-4-15-10/h4-5,7H,2-3,6H2,1H3,(H2,14,16)(H,17,18,19)/t7-/m0/s1. The number of aryl methyl sites for hydroxylation is 1. The highest BCUT2D eigenvalue weighted by molar-refractivity contribution is 7.15. The molecule has 0 unspecified atom stereocenters. The molecule has 0 bridgehead atoms. The van der Waals surface area contributed by atoms with Crippen LogP contribution in [0.4, 0.5) is 10.9 Å². The van der Waals surface area contributed by atoms with E-state index >= 15 is 0 Å². The minimum absolute atomic E-state index is 0.125. The van der Waals surface area contributed by atoms with Crippen molar-refractivity contribution in [3.63, 3.8) is 0 Å². The molecule has 1 aliphatic carbocycles. The Morgan fingerprint density at radius 2 is 2.25 bits per heavy atom. The molecular weight excluding hydrogens is 274 g/mol. The monoisotopic (exact) mass is 289 g/mol. The van der Waals surface area contributed by atoms with Crippen molar-refractivity contribution in [2.45, 2.75) is 26.2 Å². The van der Waals surface area contributed by atoms with Gasteiger partial charge in [0.25, 0.3) is 5.91 Å². The Morgan fingerprint density at radius 1 is 1.45 bits per heavy atom. The second kappa shape index (κ2) is 5.16. The molecule has 2 aromatic heterocycles. The Morgan fingerprint density at radius 3 is 3.05 bits per heavy atom. The first kappa shape index (κ1) is 13.0. The number of thiazole rings is 1. The number of amides is 1. The van der Waals surface area contributed by atoms with Gasteiger partial charge in [-0.1, -0.05) is 6.92 Å². The summed E-state index contributed by atoms with van der Waals surface area (Å²) in [6, 6.07) is 0. The second-order valence-electron chi connectivity index (χ2n) is 4.98. The Balaban J connectivity index is 1.79. The number of nitrogens with zero attached hydrogens (tertiary/aromatic N) is 3. The van der Waals surface area contributed by atoms with E-state index in [2.05, 4.69) is 27.2 Å². The number of carbonyl (C=O) groups is 1. The molecule has 3 rings (SSSR count). The number of rotatable bonds is 2. The summed E-state index contributed by atoms with van der Waals surface area (Å²) in [7, 11) is 0. The second-order valence-corrected chi connectivity index (χ2v) is 6.06. The molecule has 7 heteroatoms. The van der Waals surface area contributed by atoms with Gasteiger partial charge in [0.1, 0.15) is 0 Å². The largest absolute Gasteiger partial charge is 0.382 e. The van der Waals surface area contributed by atoms with E-state index in [1.54, 1.807) is 0 Å². The molecule has 1 atom stereocenters. The number of hydrogen-bond acceptors (Lipinski definition) is 6. The molecule has 2 aromatic rings. The number of nitrogens with one attached hydrogen (secondary N) is 1. The van der Waals surface area contributed by atoms with E-state index in [1.807, 2.05) is 0 Å². The van der Waals surface area contributed by atoms with Crippen LogP contribution < -0.4 is 11.1 Å². The maximum Gasteiger partial charge on any atom is 0.279 e. The van der Waals surface area contributed by atoms with E-state index in [4.69, 9.17) is 5.73 Å². The SMILES string of the molecule is C[C@H]1CCc2nc(NC(=O)c3nccnc3N)sc2C1. The van der Waals surface area contributed by atoms with Gasteiger partial charge in [0.2, 0.25) is 0 Å². The quantitative estimate of drug-likeness (QED) is 0.880. The van der Waals surface area contributed by atoms with Gasteiger partial charge in [-0.3, -0.25) is 10.1 Å². The zero-order valence-electron chi connectivity index (χ0n) is 11.1. The van der Waals surface area contributed by atoms with Crippen molar-refractivity contribution < 1.29 is 4.79 Å². The maximum absolute atomic E-state index is 12.1. The number of nitrogens with two attached hydrogens (primary N) is 1. The maximum atomic E-state index is 12.1. The average Bonchev–Trinajstić information content (AvgIpc) is 2.80. The molecule has 20 heavy (non-hydrogen) atoms. The summed E-state index contributed by atoms with van der Waals surface area (Å²) in [5.74, 6) is 0.442. The Kier molecular flexibility index (Phi) is 3.35. The fraction of sp³-hybridized carbons (Fsp3) is 0.385. The summed E-state index contributed by atoms with van der Waals surface area (Å²) >= 11 is 1.54. The highest BCUT2D eigenvalue weighted by Crippen LogP contribution is 2.32. The molecule has 0 radical (unpaired) electrons. The minimum Gasteiger partial charge on any atom is -0.382 e. The summed E-state index contributed by atoms with van der Waals surface area (Å²) in [6.07, 6.45) is 6.07. The molecular formula is C13H15N5OS. The van der Waals surface area contributed by atoms with Crippen molar-refractivity contribution >= 4 is 28.2 Å². The van der Waals surface area contributed by atoms with Crippen molar-refractivity contribution in [2.75, 3.05) is 11.1 Å². The van der Waals surface area contributed by atoms with E-state index in [0.717, 1.165) is 25.0 Å². The average molecular weight is 289 g/mol. The first-order valence-corrected chi connectivity index (χ1v) is 7.31. The Labute approximate surface area is 120 Å². The van der Waals surface area contributed by atoms with E-state index in [0.29, 0.717) is 11.0 Å². The van der Waals surface area contributed by atoms with Gasteiger partial charge in [-0.2, -0.15) is 0 Å². The smallest absolute Gasteiger partial charge is 0.279 e. The highest BCUT2D eigenvalue weighted by atomic mass is 32.1. The van der Waals surface area contributed by atoms with Crippen LogP contribution in [0.1, 0.15) is 34.4 Å². The van der Waals surface area contributed by atoms with Crippen LogP contribution in [-0.2, 0) is 12.8 Å². The molecule has 1 aliphatic rings. The molecule has 104 valence electrons. The first-order chi connectivity index (χ1) is 9.63. The van der Waals surface area contributed by atoms with E-state index < -0.39 is 0 Å². The summed E-state index contributed by atoms with van der Waals surface area (Å²) in [4.78, 5) is 25.6. The third kappa shape index (κ3) is 2.49. The molecule has 0 saturated carbocycles. The topological polar surface area (TPSA) is 93.8 Å². The highest BCUT2D eigenvalue weighted by Gasteiger charge is 2.21. The first-order valence-electron chi connectivity index (χ1n) is 6.50.